The van der Waals surface area contributed by atoms with E-state index in [1.165, 1.54) is 0 Å². The first-order valence-electron chi connectivity index (χ1n) is 5.56. The fourth-order valence-electron chi connectivity index (χ4n) is 1.46. The van der Waals surface area contributed by atoms with Crippen LogP contribution in [0, 0.1) is 0 Å². The third-order valence-electron chi connectivity index (χ3n) is 2.50. The van der Waals surface area contributed by atoms with Crippen molar-refractivity contribution < 1.29 is 22.8 Å². The van der Waals surface area contributed by atoms with Gasteiger partial charge in [-0.15, -0.1) is 0 Å². The Balaban J connectivity index is 2.03. The van der Waals surface area contributed by atoms with Crippen LogP contribution >= 0.6 is 0 Å². The summed E-state index contributed by atoms with van der Waals surface area (Å²) in [6, 6.07) is 1.86. The second kappa shape index (κ2) is 5.27. The number of hydrazone groups is 1. The number of rotatable bonds is 2. The maximum atomic E-state index is 12.3. The summed E-state index contributed by atoms with van der Waals surface area (Å²) in [4.78, 5) is 26.1. The highest BCUT2D eigenvalue weighted by molar-refractivity contribution is 6.43. The molecule has 0 fully saturated rings. The molecule has 0 aromatic carbocycles. The molecule has 2 amide bonds. The van der Waals surface area contributed by atoms with Gasteiger partial charge in [0.05, 0.1) is 5.56 Å². The summed E-state index contributed by atoms with van der Waals surface area (Å²) < 4.78 is 37.0. The van der Waals surface area contributed by atoms with Crippen LogP contribution < -0.4 is 10.7 Å². The highest BCUT2D eigenvalue weighted by Crippen LogP contribution is 2.28. The summed E-state index contributed by atoms with van der Waals surface area (Å²) in [5, 5.41) is 5.87. The van der Waals surface area contributed by atoms with Crippen LogP contribution in [0.15, 0.2) is 23.4 Å². The highest BCUT2D eigenvalue weighted by Gasteiger charge is 2.30. The summed E-state index contributed by atoms with van der Waals surface area (Å²) in [5.41, 5.74) is 1.33. The van der Waals surface area contributed by atoms with Crippen molar-refractivity contribution in [1.82, 2.24) is 10.4 Å². The van der Waals surface area contributed by atoms with E-state index >= 15 is 0 Å². The molecule has 2 rings (SSSR count). The van der Waals surface area contributed by atoms with Crippen LogP contribution in [0.1, 0.15) is 18.4 Å². The number of amides is 2. The van der Waals surface area contributed by atoms with Crippen LogP contribution in [0.25, 0.3) is 0 Å². The van der Waals surface area contributed by atoms with Crippen LogP contribution in [-0.4, -0.2) is 22.5 Å². The van der Waals surface area contributed by atoms with E-state index in [1.54, 1.807) is 0 Å². The van der Waals surface area contributed by atoms with Crippen molar-refractivity contribution in [1.29, 1.82) is 0 Å². The molecule has 106 valence electrons. The average molecular weight is 286 g/mol. The molecule has 0 spiro atoms. The number of alkyl halides is 3. The number of anilines is 1. The quantitative estimate of drug-likeness (QED) is 0.859. The molecule has 6 nitrogen and oxygen atoms in total. The average Bonchev–Trinajstić information content (AvgIpc) is 2.39. The Morgan fingerprint density at radius 2 is 2.05 bits per heavy atom. The zero-order valence-corrected chi connectivity index (χ0v) is 9.99. The number of pyridine rings is 1. The summed E-state index contributed by atoms with van der Waals surface area (Å²) >= 11 is 0. The summed E-state index contributed by atoms with van der Waals surface area (Å²) in [5.74, 6) is -0.936. The third-order valence-corrected chi connectivity index (χ3v) is 2.50. The van der Waals surface area contributed by atoms with E-state index in [0.29, 0.717) is 6.20 Å². The summed E-state index contributed by atoms with van der Waals surface area (Å²) in [7, 11) is 0. The van der Waals surface area contributed by atoms with Gasteiger partial charge in [0.2, 0.25) is 5.91 Å². The molecule has 1 aromatic heterocycles. The van der Waals surface area contributed by atoms with Crippen LogP contribution in [0.5, 0.6) is 0 Å². The molecule has 2 N–H and O–H groups in total. The molecular formula is C11H9F3N4O2. The number of halogens is 3. The van der Waals surface area contributed by atoms with Crippen molar-refractivity contribution >= 4 is 23.3 Å². The molecule has 9 heteroatoms. The zero-order chi connectivity index (χ0) is 14.8. The van der Waals surface area contributed by atoms with Gasteiger partial charge in [-0.05, 0) is 12.1 Å². The predicted molar refractivity (Wildman–Crippen MR) is 62.7 cm³/mol. The van der Waals surface area contributed by atoms with Gasteiger partial charge in [-0.1, -0.05) is 0 Å². The number of carbonyl (C=O) groups excluding carboxylic acids is 2. The molecule has 0 radical (unpaired) electrons. The van der Waals surface area contributed by atoms with Crippen molar-refractivity contribution in [3.8, 4) is 0 Å². The summed E-state index contributed by atoms with van der Waals surface area (Å²) in [6.07, 6.45) is -3.56. The Morgan fingerprint density at radius 3 is 2.55 bits per heavy atom. The zero-order valence-electron chi connectivity index (χ0n) is 9.99. The fourth-order valence-corrected chi connectivity index (χ4v) is 1.46. The van der Waals surface area contributed by atoms with E-state index in [4.69, 9.17) is 0 Å². The minimum atomic E-state index is -4.48. The van der Waals surface area contributed by atoms with Crippen molar-refractivity contribution in [3.63, 3.8) is 0 Å². The number of nitrogens with zero attached hydrogens (tertiary/aromatic N) is 2. The molecule has 1 aliphatic heterocycles. The first-order chi connectivity index (χ1) is 9.36. The molecule has 0 saturated carbocycles. The Kier molecular flexibility index (Phi) is 3.68. The van der Waals surface area contributed by atoms with Gasteiger partial charge < -0.3 is 5.32 Å². The smallest absolute Gasteiger partial charge is 0.305 e. The lowest BCUT2D eigenvalue weighted by Gasteiger charge is -2.12. The monoisotopic (exact) mass is 286 g/mol. The maximum Gasteiger partial charge on any atom is 0.417 e. The minimum absolute atomic E-state index is 0.0254. The molecular weight excluding hydrogens is 277 g/mol. The molecule has 0 unspecified atom stereocenters. The largest absolute Gasteiger partial charge is 0.417 e. The maximum absolute atomic E-state index is 12.3. The lowest BCUT2D eigenvalue weighted by molar-refractivity contribution is -0.137. The number of hydrogen-bond donors (Lipinski definition) is 2. The predicted octanol–water partition coefficient (Wildman–Crippen LogP) is 1.30. The van der Waals surface area contributed by atoms with Crippen LogP contribution in [-0.2, 0) is 15.8 Å². The molecule has 2 heterocycles. The first-order valence-corrected chi connectivity index (χ1v) is 5.56. The Labute approximate surface area is 111 Å². The topological polar surface area (TPSA) is 83.5 Å². The van der Waals surface area contributed by atoms with Gasteiger partial charge >= 0.3 is 6.18 Å². The molecule has 20 heavy (non-hydrogen) atoms. The van der Waals surface area contributed by atoms with E-state index in [1.807, 2.05) is 0 Å². The van der Waals surface area contributed by atoms with Gasteiger partial charge in [-0.3, -0.25) is 9.59 Å². The molecule has 1 aromatic rings. The van der Waals surface area contributed by atoms with Crippen molar-refractivity contribution in [2.45, 2.75) is 19.0 Å². The third kappa shape index (κ3) is 3.31. The van der Waals surface area contributed by atoms with E-state index in [2.05, 4.69) is 20.8 Å². The van der Waals surface area contributed by atoms with Gasteiger partial charge in [0.15, 0.2) is 0 Å². The van der Waals surface area contributed by atoms with E-state index in [-0.39, 0.29) is 30.3 Å². The highest BCUT2D eigenvalue weighted by atomic mass is 19.4. The standard InChI is InChI=1S/C11H9F3N4O2/c12-11(13,14)6-1-3-8(15-5-6)16-10(20)7-2-4-9(19)18-17-7/h1,3,5H,2,4H2,(H,18,19)(H,15,16,20). The SMILES string of the molecule is O=C1CCC(C(=O)Nc2ccc(C(F)(F)F)cn2)=NN1. The lowest BCUT2D eigenvalue weighted by Crippen LogP contribution is -2.32. The number of nitrogens with one attached hydrogen (secondary N) is 2. The van der Waals surface area contributed by atoms with Crippen LogP contribution in [0.4, 0.5) is 19.0 Å². The van der Waals surface area contributed by atoms with Crippen molar-refractivity contribution in [3.05, 3.63) is 23.9 Å². The van der Waals surface area contributed by atoms with E-state index < -0.39 is 17.6 Å². The number of carbonyl (C=O) groups is 2. The number of aromatic nitrogens is 1. The van der Waals surface area contributed by atoms with Crippen molar-refractivity contribution in [2.24, 2.45) is 5.10 Å². The van der Waals surface area contributed by atoms with E-state index in [0.717, 1.165) is 12.1 Å². The molecule has 0 saturated heterocycles. The lowest BCUT2D eigenvalue weighted by atomic mass is 10.1. The Bertz CT molecular complexity index is 566. The number of hydrogen-bond acceptors (Lipinski definition) is 4. The minimum Gasteiger partial charge on any atom is -0.305 e. The van der Waals surface area contributed by atoms with Gasteiger partial charge in [0, 0.05) is 19.0 Å². The summed E-state index contributed by atoms with van der Waals surface area (Å²) in [6.45, 7) is 0. The van der Waals surface area contributed by atoms with Crippen molar-refractivity contribution in [2.75, 3.05) is 5.32 Å². The molecule has 1 aliphatic rings. The Hall–Kier alpha value is -2.45. The fraction of sp³-hybridized carbons (Fsp3) is 0.273. The Morgan fingerprint density at radius 1 is 1.30 bits per heavy atom. The van der Waals surface area contributed by atoms with Crippen LogP contribution in [0.2, 0.25) is 0 Å². The molecule has 0 aliphatic carbocycles. The van der Waals surface area contributed by atoms with E-state index in [9.17, 15) is 22.8 Å². The first kappa shape index (κ1) is 14.0. The van der Waals surface area contributed by atoms with Crippen LogP contribution in [0.3, 0.4) is 0 Å². The second-order valence-corrected chi connectivity index (χ2v) is 3.98. The second-order valence-electron chi connectivity index (χ2n) is 3.98. The van der Waals surface area contributed by atoms with Gasteiger partial charge in [-0.2, -0.15) is 18.3 Å². The van der Waals surface area contributed by atoms with Gasteiger partial charge in [0.1, 0.15) is 11.5 Å². The molecule has 0 atom stereocenters. The van der Waals surface area contributed by atoms with Gasteiger partial charge in [0.25, 0.3) is 5.91 Å². The van der Waals surface area contributed by atoms with Gasteiger partial charge in [-0.25, -0.2) is 10.4 Å². The molecule has 0 bridgehead atoms. The normalized spacial score (nSPS) is 15.3.